The van der Waals surface area contributed by atoms with Crippen LogP contribution < -0.4 is 4.74 Å². The predicted molar refractivity (Wildman–Crippen MR) is 161 cm³/mol. The third-order valence-electron chi connectivity index (χ3n) is 7.19. The summed E-state index contributed by atoms with van der Waals surface area (Å²) in [5, 5.41) is 0. The van der Waals surface area contributed by atoms with Gasteiger partial charge in [0.1, 0.15) is 5.75 Å². The molecule has 0 saturated carbocycles. The number of hydrogen-bond acceptors (Lipinski definition) is 2. The Hall–Kier alpha value is -2.35. The Morgan fingerprint density at radius 1 is 0.676 bits per heavy atom. The molecule has 0 atom stereocenters. The largest absolute Gasteiger partial charge is 0.494 e. The average molecular weight is 505 g/mol. The number of aryl methyl sites for hydroxylation is 1. The van der Waals surface area contributed by atoms with Crippen molar-refractivity contribution in [1.29, 1.82) is 0 Å². The second-order valence-electron chi connectivity index (χ2n) is 10.5. The Kier molecular flexibility index (Phi) is 17.3. The monoisotopic (exact) mass is 504 g/mol. The lowest BCUT2D eigenvalue weighted by atomic mass is 10.0. The van der Waals surface area contributed by atoms with Crippen molar-refractivity contribution in [2.75, 3.05) is 6.61 Å². The van der Waals surface area contributed by atoms with Crippen LogP contribution >= 0.6 is 0 Å². The van der Waals surface area contributed by atoms with Gasteiger partial charge in [-0.15, -0.1) is 0 Å². The summed E-state index contributed by atoms with van der Waals surface area (Å²) >= 11 is 0. The van der Waals surface area contributed by atoms with E-state index in [1.807, 2.05) is 42.5 Å². The van der Waals surface area contributed by atoms with E-state index in [-0.39, 0.29) is 5.78 Å². The Morgan fingerprint density at radius 2 is 1.22 bits per heavy atom. The van der Waals surface area contributed by atoms with Gasteiger partial charge in [-0.25, -0.2) is 0 Å². The van der Waals surface area contributed by atoms with Crippen molar-refractivity contribution in [3.63, 3.8) is 0 Å². The summed E-state index contributed by atoms with van der Waals surface area (Å²) < 4.78 is 5.89. The number of carbonyl (C=O) groups excluding carboxylic acids is 1. The van der Waals surface area contributed by atoms with Crippen LogP contribution in [0.4, 0.5) is 0 Å². The molecular formula is C35H52O2. The van der Waals surface area contributed by atoms with Crippen molar-refractivity contribution >= 4 is 11.9 Å². The molecule has 0 bridgehead atoms. The summed E-state index contributed by atoms with van der Waals surface area (Å²) in [4.78, 5) is 12.5. The summed E-state index contributed by atoms with van der Waals surface area (Å²) in [6, 6.07) is 15.8. The van der Waals surface area contributed by atoms with Crippen molar-refractivity contribution in [3.05, 3.63) is 71.3 Å². The SMILES string of the molecule is CCCCCCCCCCCCCCCCCCOc1ccc(C(=O)C=Cc2cccc(CC)c2)cc1. The minimum absolute atomic E-state index is 0.0197. The van der Waals surface area contributed by atoms with Crippen LogP contribution in [0, 0.1) is 0 Å². The third kappa shape index (κ3) is 14.8. The second kappa shape index (κ2) is 20.7. The fraction of sp³-hybridized carbons (Fsp3) is 0.571. The summed E-state index contributed by atoms with van der Waals surface area (Å²) in [6.45, 7) is 5.17. The van der Waals surface area contributed by atoms with Crippen LogP contribution in [0.25, 0.3) is 6.08 Å². The van der Waals surface area contributed by atoms with Crippen LogP contribution in [0.3, 0.4) is 0 Å². The van der Waals surface area contributed by atoms with Gasteiger partial charge in [-0.05, 0) is 54.3 Å². The molecule has 0 unspecified atom stereocenters. The highest BCUT2D eigenvalue weighted by molar-refractivity contribution is 6.06. The molecule has 0 N–H and O–H groups in total. The van der Waals surface area contributed by atoms with Crippen LogP contribution in [-0.4, -0.2) is 12.4 Å². The van der Waals surface area contributed by atoms with Crippen molar-refractivity contribution < 1.29 is 9.53 Å². The first-order valence-corrected chi connectivity index (χ1v) is 15.3. The molecule has 2 nitrogen and oxygen atoms in total. The van der Waals surface area contributed by atoms with Crippen LogP contribution in [0.5, 0.6) is 5.75 Å². The lowest BCUT2D eigenvalue weighted by Crippen LogP contribution is -1.99. The number of ketones is 1. The van der Waals surface area contributed by atoms with Crippen LogP contribution in [-0.2, 0) is 6.42 Å². The topological polar surface area (TPSA) is 26.3 Å². The zero-order valence-corrected chi connectivity index (χ0v) is 23.8. The van der Waals surface area contributed by atoms with E-state index in [0.717, 1.165) is 30.8 Å². The predicted octanol–water partition coefficient (Wildman–Crippen LogP) is 10.8. The molecular weight excluding hydrogens is 452 g/mol. The summed E-state index contributed by atoms with van der Waals surface area (Å²) in [7, 11) is 0. The van der Waals surface area contributed by atoms with E-state index in [4.69, 9.17) is 4.74 Å². The number of rotatable bonds is 22. The van der Waals surface area contributed by atoms with E-state index < -0.39 is 0 Å². The van der Waals surface area contributed by atoms with E-state index in [0.29, 0.717) is 5.56 Å². The number of unbranched alkanes of at least 4 members (excludes halogenated alkanes) is 15. The summed E-state index contributed by atoms with van der Waals surface area (Å²) in [6.07, 6.45) is 26.6. The lowest BCUT2D eigenvalue weighted by molar-refractivity contribution is 0.104. The quantitative estimate of drug-likeness (QED) is 0.0905. The molecule has 0 radical (unpaired) electrons. The molecule has 0 heterocycles. The molecule has 0 aromatic heterocycles. The summed E-state index contributed by atoms with van der Waals surface area (Å²) in [5.41, 5.74) is 3.03. The zero-order chi connectivity index (χ0) is 26.4. The van der Waals surface area contributed by atoms with Gasteiger partial charge in [0.15, 0.2) is 5.78 Å². The highest BCUT2D eigenvalue weighted by Gasteiger charge is 2.03. The van der Waals surface area contributed by atoms with E-state index in [1.54, 1.807) is 6.08 Å². The van der Waals surface area contributed by atoms with Crippen molar-refractivity contribution in [2.24, 2.45) is 0 Å². The smallest absolute Gasteiger partial charge is 0.185 e. The molecule has 2 aromatic carbocycles. The van der Waals surface area contributed by atoms with Crippen molar-refractivity contribution in [3.8, 4) is 5.75 Å². The third-order valence-corrected chi connectivity index (χ3v) is 7.19. The van der Waals surface area contributed by atoms with Gasteiger partial charge in [-0.3, -0.25) is 4.79 Å². The molecule has 2 aromatic rings. The van der Waals surface area contributed by atoms with Crippen LogP contribution in [0.2, 0.25) is 0 Å². The first-order valence-electron chi connectivity index (χ1n) is 15.3. The minimum Gasteiger partial charge on any atom is -0.494 e. The van der Waals surface area contributed by atoms with Gasteiger partial charge in [0.25, 0.3) is 0 Å². The Balaban J connectivity index is 1.45. The Bertz CT molecular complexity index is 865. The van der Waals surface area contributed by atoms with Gasteiger partial charge in [0, 0.05) is 5.56 Å². The van der Waals surface area contributed by atoms with Gasteiger partial charge in [0.05, 0.1) is 6.61 Å². The average Bonchev–Trinajstić information content (AvgIpc) is 2.94. The fourth-order valence-corrected chi connectivity index (χ4v) is 4.74. The fourth-order valence-electron chi connectivity index (χ4n) is 4.74. The molecule has 204 valence electrons. The number of ether oxygens (including phenoxy) is 1. The van der Waals surface area contributed by atoms with E-state index in [2.05, 4.69) is 26.0 Å². The van der Waals surface area contributed by atoms with E-state index in [1.165, 1.54) is 102 Å². The first-order chi connectivity index (χ1) is 18.2. The van der Waals surface area contributed by atoms with Gasteiger partial charge in [-0.1, -0.05) is 141 Å². The van der Waals surface area contributed by atoms with Gasteiger partial charge in [0.2, 0.25) is 0 Å². The Morgan fingerprint density at radius 3 is 1.76 bits per heavy atom. The maximum Gasteiger partial charge on any atom is 0.185 e. The molecule has 0 aliphatic heterocycles. The maximum absolute atomic E-state index is 12.5. The molecule has 2 rings (SSSR count). The molecule has 0 saturated heterocycles. The lowest BCUT2D eigenvalue weighted by Gasteiger charge is -2.07. The van der Waals surface area contributed by atoms with Crippen molar-refractivity contribution in [2.45, 2.75) is 123 Å². The molecule has 0 amide bonds. The number of carbonyl (C=O) groups is 1. The second-order valence-corrected chi connectivity index (χ2v) is 10.5. The molecule has 0 spiro atoms. The summed E-state index contributed by atoms with van der Waals surface area (Å²) in [5.74, 6) is 0.864. The minimum atomic E-state index is 0.0197. The highest BCUT2D eigenvalue weighted by atomic mass is 16.5. The zero-order valence-electron chi connectivity index (χ0n) is 23.8. The number of benzene rings is 2. The molecule has 2 heteroatoms. The van der Waals surface area contributed by atoms with E-state index >= 15 is 0 Å². The molecule has 0 aliphatic carbocycles. The molecule has 0 fully saturated rings. The van der Waals surface area contributed by atoms with Gasteiger partial charge >= 0.3 is 0 Å². The van der Waals surface area contributed by atoms with Gasteiger partial charge in [-0.2, -0.15) is 0 Å². The molecule has 0 aliphatic rings. The highest BCUT2D eigenvalue weighted by Crippen LogP contribution is 2.16. The number of allylic oxidation sites excluding steroid dienone is 1. The van der Waals surface area contributed by atoms with Gasteiger partial charge < -0.3 is 4.74 Å². The maximum atomic E-state index is 12.5. The molecule has 37 heavy (non-hydrogen) atoms. The van der Waals surface area contributed by atoms with E-state index in [9.17, 15) is 4.79 Å². The normalized spacial score (nSPS) is 11.3. The first kappa shape index (κ1) is 30.9. The van der Waals surface area contributed by atoms with Crippen LogP contribution in [0.1, 0.15) is 138 Å². The Labute approximate surface area is 227 Å². The van der Waals surface area contributed by atoms with Crippen LogP contribution in [0.15, 0.2) is 54.6 Å². The number of hydrogen-bond donors (Lipinski definition) is 0. The standard InChI is InChI=1S/C35H52O2/c1-3-5-6-7-8-9-10-11-12-13-14-15-16-17-18-19-29-37-34-26-24-33(25-27-34)35(36)28-23-32-22-20-21-31(4-2)30-32/h20-28,30H,3-19,29H2,1-2H3. The van der Waals surface area contributed by atoms with Crippen molar-refractivity contribution in [1.82, 2.24) is 0 Å².